The predicted octanol–water partition coefficient (Wildman–Crippen LogP) is 5.16. The van der Waals surface area contributed by atoms with E-state index in [1.807, 2.05) is 18.3 Å². The van der Waals surface area contributed by atoms with Gasteiger partial charge in [0.25, 0.3) is 0 Å². The van der Waals surface area contributed by atoms with Crippen LogP contribution in [0.4, 0.5) is 0 Å². The van der Waals surface area contributed by atoms with Crippen LogP contribution < -0.4 is 0 Å². The van der Waals surface area contributed by atoms with Gasteiger partial charge in [0, 0.05) is 24.6 Å². The van der Waals surface area contributed by atoms with Crippen LogP contribution in [0.1, 0.15) is 28.1 Å². The van der Waals surface area contributed by atoms with E-state index in [9.17, 15) is 0 Å². The summed E-state index contributed by atoms with van der Waals surface area (Å²) in [5, 5.41) is 9.97. The van der Waals surface area contributed by atoms with Crippen LogP contribution >= 0.6 is 11.8 Å². The molecule has 0 unspecified atom stereocenters. The summed E-state index contributed by atoms with van der Waals surface area (Å²) in [7, 11) is 0. The molecule has 0 N–H and O–H groups in total. The summed E-state index contributed by atoms with van der Waals surface area (Å²) in [5.74, 6) is 1.76. The van der Waals surface area contributed by atoms with E-state index in [0.717, 1.165) is 28.8 Å². The number of aromatic nitrogens is 4. The highest BCUT2D eigenvalue weighted by molar-refractivity contribution is 7.98. The van der Waals surface area contributed by atoms with E-state index in [1.165, 1.54) is 22.3 Å². The van der Waals surface area contributed by atoms with Crippen molar-refractivity contribution in [3.05, 3.63) is 101 Å². The first-order chi connectivity index (χ1) is 13.7. The van der Waals surface area contributed by atoms with Gasteiger partial charge in [-0.1, -0.05) is 65.9 Å². The summed E-state index contributed by atoms with van der Waals surface area (Å²) in [6.07, 6.45) is 4.44. The maximum absolute atomic E-state index is 4.54. The zero-order valence-electron chi connectivity index (χ0n) is 16.0. The lowest BCUT2D eigenvalue weighted by Gasteiger charge is -2.13. The van der Waals surface area contributed by atoms with Crippen LogP contribution in [0.25, 0.3) is 5.69 Å². The fourth-order valence-electron chi connectivity index (χ4n) is 3.22. The first-order valence-electron chi connectivity index (χ1n) is 9.28. The molecule has 4 rings (SSSR count). The summed E-state index contributed by atoms with van der Waals surface area (Å²) in [4.78, 5) is 4.21. The predicted molar refractivity (Wildman–Crippen MR) is 114 cm³/mol. The first-order valence-corrected chi connectivity index (χ1v) is 10.3. The number of rotatable bonds is 6. The van der Waals surface area contributed by atoms with Crippen molar-refractivity contribution in [3.8, 4) is 5.69 Å². The Morgan fingerprint density at radius 2 is 1.71 bits per heavy atom. The number of pyridine rings is 1. The van der Waals surface area contributed by atoms with E-state index >= 15 is 0 Å². The highest BCUT2D eigenvalue weighted by Gasteiger charge is 2.16. The Hall–Kier alpha value is -2.92. The second-order valence-electron chi connectivity index (χ2n) is 6.84. The minimum atomic E-state index is 0.745. The topological polar surface area (TPSA) is 43.6 Å². The van der Waals surface area contributed by atoms with Crippen molar-refractivity contribution in [2.45, 2.75) is 31.2 Å². The van der Waals surface area contributed by atoms with E-state index in [0.29, 0.717) is 0 Å². The van der Waals surface area contributed by atoms with Gasteiger partial charge in [-0.15, -0.1) is 10.2 Å². The lowest BCUT2D eigenvalue weighted by atomic mass is 10.1. The molecule has 2 heterocycles. The monoisotopic (exact) mass is 386 g/mol. The van der Waals surface area contributed by atoms with Crippen LogP contribution in [-0.2, 0) is 12.2 Å². The molecular formula is C23H22N4S. The van der Waals surface area contributed by atoms with Gasteiger partial charge in [0.1, 0.15) is 5.82 Å². The summed E-state index contributed by atoms with van der Waals surface area (Å²) in [6.45, 7) is 4.26. The molecular weight excluding hydrogens is 364 g/mol. The summed E-state index contributed by atoms with van der Waals surface area (Å²) in [6, 6.07) is 21.0. The van der Waals surface area contributed by atoms with Gasteiger partial charge in [0.2, 0.25) is 0 Å². The zero-order chi connectivity index (χ0) is 19.3. The van der Waals surface area contributed by atoms with E-state index in [1.54, 1.807) is 18.0 Å². The molecule has 0 spiro atoms. The minimum Gasteiger partial charge on any atom is -0.273 e. The quantitative estimate of drug-likeness (QED) is 0.429. The molecule has 4 nitrogen and oxygen atoms in total. The highest BCUT2D eigenvalue weighted by atomic mass is 32.2. The van der Waals surface area contributed by atoms with E-state index in [-0.39, 0.29) is 0 Å². The Kier molecular flexibility index (Phi) is 5.53. The first kappa shape index (κ1) is 18.4. The summed E-state index contributed by atoms with van der Waals surface area (Å²) in [5.41, 5.74) is 6.01. The fraction of sp³-hybridized carbons (Fsp3) is 0.174. The number of benzene rings is 2. The van der Waals surface area contributed by atoms with E-state index < -0.39 is 0 Å². The molecule has 0 saturated heterocycles. The van der Waals surface area contributed by atoms with Crippen molar-refractivity contribution in [2.24, 2.45) is 0 Å². The van der Waals surface area contributed by atoms with Crippen LogP contribution in [0.3, 0.4) is 0 Å². The standard InChI is InChI=1S/C23H22N4S/c1-17-10-11-21(18(2)13-17)27-22(14-19-7-4-3-5-8-19)25-26-23(27)28-16-20-9-6-12-24-15-20/h3-13,15H,14,16H2,1-2H3. The molecule has 0 aliphatic heterocycles. The molecule has 140 valence electrons. The fourth-order valence-corrected chi connectivity index (χ4v) is 4.11. The third-order valence-electron chi connectivity index (χ3n) is 4.59. The van der Waals surface area contributed by atoms with E-state index in [4.69, 9.17) is 0 Å². The maximum atomic E-state index is 4.54. The number of hydrogen-bond donors (Lipinski definition) is 0. The summed E-state index contributed by atoms with van der Waals surface area (Å²) >= 11 is 1.69. The Morgan fingerprint density at radius 3 is 2.46 bits per heavy atom. The molecule has 0 aliphatic carbocycles. The van der Waals surface area contributed by atoms with Crippen molar-refractivity contribution in [2.75, 3.05) is 0 Å². The van der Waals surface area contributed by atoms with Crippen LogP contribution in [0.2, 0.25) is 0 Å². The molecule has 0 amide bonds. The lowest BCUT2D eigenvalue weighted by molar-refractivity contribution is 0.841. The smallest absolute Gasteiger partial charge is 0.196 e. The van der Waals surface area contributed by atoms with Crippen LogP contribution in [0, 0.1) is 13.8 Å². The van der Waals surface area contributed by atoms with Gasteiger partial charge in [-0.05, 0) is 42.7 Å². The second kappa shape index (κ2) is 8.40. The van der Waals surface area contributed by atoms with Gasteiger partial charge in [0.05, 0.1) is 5.69 Å². The molecule has 2 aromatic heterocycles. The molecule has 0 atom stereocenters. The van der Waals surface area contributed by atoms with Crippen LogP contribution in [-0.4, -0.2) is 19.7 Å². The molecule has 28 heavy (non-hydrogen) atoms. The zero-order valence-corrected chi connectivity index (χ0v) is 16.9. The van der Waals surface area contributed by atoms with Crippen molar-refractivity contribution >= 4 is 11.8 Å². The number of thioether (sulfide) groups is 1. The van der Waals surface area contributed by atoms with E-state index in [2.05, 4.69) is 82.1 Å². The van der Waals surface area contributed by atoms with Gasteiger partial charge in [0.15, 0.2) is 5.16 Å². The minimum absolute atomic E-state index is 0.745. The van der Waals surface area contributed by atoms with Crippen LogP contribution in [0.5, 0.6) is 0 Å². The third-order valence-corrected chi connectivity index (χ3v) is 5.59. The molecule has 0 bridgehead atoms. The number of aryl methyl sites for hydroxylation is 2. The molecule has 0 aliphatic rings. The Labute approximate surface area is 169 Å². The maximum Gasteiger partial charge on any atom is 0.196 e. The van der Waals surface area contributed by atoms with Crippen molar-refractivity contribution < 1.29 is 0 Å². The number of nitrogens with zero attached hydrogens (tertiary/aromatic N) is 4. The largest absolute Gasteiger partial charge is 0.273 e. The Balaban J connectivity index is 1.71. The lowest BCUT2D eigenvalue weighted by Crippen LogP contribution is -2.06. The average Bonchev–Trinajstić information content (AvgIpc) is 3.10. The molecule has 5 heteroatoms. The van der Waals surface area contributed by atoms with Gasteiger partial charge in [-0.2, -0.15) is 0 Å². The average molecular weight is 387 g/mol. The highest BCUT2D eigenvalue weighted by Crippen LogP contribution is 2.28. The van der Waals surface area contributed by atoms with Gasteiger partial charge >= 0.3 is 0 Å². The molecule has 0 saturated carbocycles. The Morgan fingerprint density at radius 1 is 0.893 bits per heavy atom. The number of hydrogen-bond acceptors (Lipinski definition) is 4. The molecule has 0 radical (unpaired) electrons. The molecule has 0 fully saturated rings. The summed E-state index contributed by atoms with van der Waals surface area (Å²) < 4.78 is 2.20. The van der Waals surface area contributed by atoms with Crippen LogP contribution in [0.15, 0.2) is 78.2 Å². The third kappa shape index (κ3) is 4.15. The molecule has 4 aromatic rings. The van der Waals surface area contributed by atoms with Gasteiger partial charge in [-0.25, -0.2) is 0 Å². The normalized spacial score (nSPS) is 10.9. The Bertz CT molecular complexity index is 1060. The van der Waals surface area contributed by atoms with Gasteiger partial charge < -0.3 is 0 Å². The van der Waals surface area contributed by atoms with Crippen molar-refractivity contribution in [1.29, 1.82) is 0 Å². The van der Waals surface area contributed by atoms with Gasteiger partial charge in [-0.3, -0.25) is 9.55 Å². The second-order valence-corrected chi connectivity index (χ2v) is 7.78. The van der Waals surface area contributed by atoms with Crippen molar-refractivity contribution in [3.63, 3.8) is 0 Å². The SMILES string of the molecule is Cc1ccc(-n2c(Cc3ccccc3)nnc2SCc2cccnc2)c(C)c1. The van der Waals surface area contributed by atoms with Crippen molar-refractivity contribution in [1.82, 2.24) is 19.7 Å². The molecule has 2 aromatic carbocycles.